The third-order valence-corrected chi connectivity index (χ3v) is 6.16. The molecule has 0 N–H and O–H groups in total. The molecular weight excluding hydrogens is 430 g/mol. The number of carbonyl (C=O) groups is 1. The second-order valence-electron chi connectivity index (χ2n) is 6.76. The summed E-state index contributed by atoms with van der Waals surface area (Å²) < 4.78 is 5.83. The second kappa shape index (κ2) is 6.82. The van der Waals surface area contributed by atoms with Gasteiger partial charge in [-0.15, -0.1) is 21.5 Å². The molecule has 0 amide bonds. The van der Waals surface area contributed by atoms with Crippen LogP contribution in [-0.2, 0) is 0 Å². The van der Waals surface area contributed by atoms with Crippen LogP contribution in [0.1, 0.15) is 38.5 Å². The molecule has 1 aliphatic carbocycles. The van der Waals surface area contributed by atoms with Gasteiger partial charge in [0.25, 0.3) is 5.69 Å². The smallest absolute Gasteiger partial charge is 0.269 e. The van der Waals surface area contributed by atoms with Crippen LogP contribution in [-0.4, -0.2) is 20.9 Å². The molecule has 1 aliphatic rings. The van der Waals surface area contributed by atoms with Crippen molar-refractivity contribution in [1.29, 1.82) is 0 Å². The predicted molar refractivity (Wildman–Crippen MR) is 109 cm³/mol. The number of halogens is 1. The first-order chi connectivity index (χ1) is 14.5. The van der Waals surface area contributed by atoms with Gasteiger partial charge >= 0.3 is 0 Å². The normalized spacial score (nSPS) is 18.0. The number of benzene rings is 2. The highest BCUT2D eigenvalue weighted by Crippen LogP contribution is 2.47. The molecule has 0 saturated carbocycles. The minimum atomic E-state index is -0.808. The molecular formula is C20H10ClN3O5S. The summed E-state index contributed by atoms with van der Waals surface area (Å²) >= 11 is 7.25. The molecule has 0 bridgehead atoms. The maximum Gasteiger partial charge on any atom is 0.269 e. The molecule has 2 heterocycles. The van der Waals surface area contributed by atoms with Crippen LogP contribution >= 0.6 is 22.9 Å². The fourth-order valence-corrected chi connectivity index (χ4v) is 4.70. The van der Waals surface area contributed by atoms with Gasteiger partial charge in [0.2, 0.25) is 5.78 Å². The molecule has 5 rings (SSSR count). The van der Waals surface area contributed by atoms with Crippen molar-refractivity contribution in [2.24, 2.45) is 0 Å². The third kappa shape index (κ3) is 2.74. The van der Waals surface area contributed by atoms with E-state index in [1.807, 2.05) is 0 Å². The van der Waals surface area contributed by atoms with Gasteiger partial charge in [-0.05, 0) is 23.8 Å². The molecule has 0 saturated heterocycles. The average Bonchev–Trinajstić information content (AvgIpc) is 3.35. The van der Waals surface area contributed by atoms with Gasteiger partial charge in [0.15, 0.2) is 11.2 Å². The van der Waals surface area contributed by atoms with Crippen LogP contribution in [0.15, 0.2) is 57.2 Å². The van der Waals surface area contributed by atoms with Gasteiger partial charge in [-0.2, -0.15) is 0 Å². The zero-order chi connectivity index (χ0) is 21.0. The Hall–Kier alpha value is -3.43. The Morgan fingerprint density at radius 2 is 1.87 bits per heavy atom. The van der Waals surface area contributed by atoms with Crippen LogP contribution in [0.2, 0.25) is 5.02 Å². The number of nitrogens with zero attached hydrogens (tertiary/aromatic N) is 3. The number of rotatable bonds is 3. The molecule has 30 heavy (non-hydrogen) atoms. The van der Waals surface area contributed by atoms with Crippen molar-refractivity contribution in [3.8, 4) is 0 Å². The van der Waals surface area contributed by atoms with Crippen molar-refractivity contribution < 1.29 is 14.1 Å². The second-order valence-corrected chi connectivity index (χ2v) is 8.06. The summed E-state index contributed by atoms with van der Waals surface area (Å²) in [5.41, 5.74) is 2.08. The summed E-state index contributed by atoms with van der Waals surface area (Å²) in [6, 6.07) is 10.4. The number of non-ortho nitro benzene ring substituents is 1. The Balaban J connectivity index is 1.79. The predicted octanol–water partition coefficient (Wildman–Crippen LogP) is 4.32. The molecule has 0 aliphatic heterocycles. The monoisotopic (exact) mass is 439 g/mol. The first-order valence-electron chi connectivity index (χ1n) is 8.76. The molecule has 0 unspecified atom stereocenters. The molecule has 8 nitrogen and oxygen atoms in total. The van der Waals surface area contributed by atoms with Crippen molar-refractivity contribution in [3.63, 3.8) is 0 Å². The lowest BCUT2D eigenvalue weighted by Crippen LogP contribution is -2.16. The minimum absolute atomic E-state index is 0.0293. The van der Waals surface area contributed by atoms with Crippen molar-refractivity contribution in [3.05, 3.63) is 95.2 Å². The molecule has 2 atom stereocenters. The van der Waals surface area contributed by atoms with Gasteiger partial charge < -0.3 is 4.42 Å². The summed E-state index contributed by atoms with van der Waals surface area (Å²) in [6.45, 7) is 0. The van der Waals surface area contributed by atoms with E-state index in [9.17, 15) is 19.7 Å². The van der Waals surface area contributed by atoms with E-state index in [1.165, 1.54) is 35.0 Å². The summed E-state index contributed by atoms with van der Waals surface area (Å²) in [6.07, 6.45) is 0. The van der Waals surface area contributed by atoms with Crippen LogP contribution < -0.4 is 5.43 Å². The molecule has 0 fully saturated rings. The first-order valence-corrected chi connectivity index (χ1v) is 10.0. The minimum Gasteiger partial charge on any atom is -0.452 e. The molecule has 2 aromatic carbocycles. The fourth-order valence-electron chi connectivity index (χ4n) is 3.84. The maximum atomic E-state index is 13.4. The van der Waals surface area contributed by atoms with Crippen molar-refractivity contribution in [2.75, 3.05) is 0 Å². The van der Waals surface area contributed by atoms with Crippen LogP contribution in [0.3, 0.4) is 0 Å². The molecule has 4 aromatic rings. The van der Waals surface area contributed by atoms with E-state index < -0.39 is 16.8 Å². The van der Waals surface area contributed by atoms with Crippen LogP contribution in [0.5, 0.6) is 0 Å². The number of ketones is 1. The van der Waals surface area contributed by atoms with E-state index in [1.54, 1.807) is 24.3 Å². The SMILES string of the molecule is O=C1c2oc3ccc(Cl)cc3c(=O)c2[C@@H](c2ccc([N+](=O)[O-])cc2)[C@@H]1c1nncs1. The quantitative estimate of drug-likeness (QED) is 0.344. The standard InChI is InChI=1S/C20H10ClN3O5S/c21-10-3-6-13-12(7-10)17(25)15-14(9-1-4-11(5-2-9)24(27)28)16(18(26)19(15)29-13)20-23-22-8-30-20/h1-8,14,16H/t14-,16+/m1/s1. The van der Waals surface area contributed by atoms with Gasteiger partial charge in [-0.25, -0.2) is 0 Å². The van der Waals surface area contributed by atoms with E-state index in [-0.39, 0.29) is 39.2 Å². The summed E-state index contributed by atoms with van der Waals surface area (Å²) in [5.74, 6) is -1.92. The lowest BCUT2D eigenvalue weighted by atomic mass is 9.85. The molecule has 148 valence electrons. The number of nitro benzene ring substituents is 1. The lowest BCUT2D eigenvalue weighted by molar-refractivity contribution is -0.384. The highest BCUT2D eigenvalue weighted by Gasteiger charge is 2.47. The Kier molecular flexibility index (Phi) is 4.23. The Morgan fingerprint density at radius 3 is 2.53 bits per heavy atom. The van der Waals surface area contributed by atoms with E-state index in [0.717, 1.165) is 0 Å². The van der Waals surface area contributed by atoms with Gasteiger partial charge in [0, 0.05) is 23.1 Å². The number of fused-ring (bicyclic) bond motifs is 2. The zero-order valence-electron chi connectivity index (χ0n) is 14.9. The number of carbonyl (C=O) groups excluding carboxylic acids is 1. The van der Waals surface area contributed by atoms with E-state index in [4.69, 9.17) is 16.0 Å². The van der Waals surface area contributed by atoms with E-state index in [0.29, 0.717) is 15.6 Å². The number of hydrogen-bond acceptors (Lipinski definition) is 8. The largest absolute Gasteiger partial charge is 0.452 e. The number of Topliss-reactive ketones (excluding diaryl/α,β-unsaturated/α-hetero) is 1. The van der Waals surface area contributed by atoms with Crippen LogP contribution in [0, 0.1) is 10.1 Å². The van der Waals surface area contributed by atoms with Crippen LogP contribution in [0.25, 0.3) is 11.0 Å². The zero-order valence-corrected chi connectivity index (χ0v) is 16.5. The summed E-state index contributed by atoms with van der Waals surface area (Å²) in [7, 11) is 0. The third-order valence-electron chi connectivity index (χ3n) is 5.14. The van der Waals surface area contributed by atoms with Crippen molar-refractivity contribution >= 4 is 45.4 Å². The molecule has 0 radical (unpaired) electrons. The van der Waals surface area contributed by atoms with Gasteiger partial charge in [0.1, 0.15) is 16.1 Å². The van der Waals surface area contributed by atoms with E-state index >= 15 is 0 Å². The fraction of sp³-hybridized carbons (Fsp3) is 0.100. The average molecular weight is 440 g/mol. The van der Waals surface area contributed by atoms with Gasteiger partial charge in [-0.1, -0.05) is 23.7 Å². The number of hydrogen-bond donors (Lipinski definition) is 0. The topological polar surface area (TPSA) is 116 Å². The van der Waals surface area contributed by atoms with Crippen molar-refractivity contribution in [1.82, 2.24) is 10.2 Å². The highest BCUT2D eigenvalue weighted by molar-refractivity contribution is 7.09. The summed E-state index contributed by atoms with van der Waals surface area (Å²) in [5, 5.41) is 20.0. The molecule has 0 spiro atoms. The Morgan fingerprint density at radius 1 is 1.10 bits per heavy atom. The van der Waals surface area contributed by atoms with Crippen molar-refractivity contribution in [2.45, 2.75) is 11.8 Å². The maximum absolute atomic E-state index is 13.4. The Bertz CT molecular complexity index is 1380. The van der Waals surface area contributed by atoms with Gasteiger partial charge in [0.05, 0.1) is 21.8 Å². The van der Waals surface area contributed by atoms with Crippen LogP contribution in [0.4, 0.5) is 5.69 Å². The summed E-state index contributed by atoms with van der Waals surface area (Å²) in [4.78, 5) is 37.2. The first kappa shape index (κ1) is 18.6. The van der Waals surface area contributed by atoms with E-state index in [2.05, 4.69) is 10.2 Å². The number of aromatic nitrogens is 2. The van der Waals surface area contributed by atoms with Gasteiger partial charge in [-0.3, -0.25) is 19.7 Å². The molecule has 10 heteroatoms. The highest BCUT2D eigenvalue weighted by atomic mass is 35.5. The Labute approximate surface area is 176 Å². The molecule has 2 aromatic heterocycles. The number of nitro groups is 1. The lowest BCUT2D eigenvalue weighted by Gasteiger charge is -2.16.